The van der Waals surface area contributed by atoms with E-state index >= 15 is 0 Å². The number of hydrogen-bond acceptors (Lipinski definition) is 4. The number of hydrogen-bond donors (Lipinski definition) is 0. The lowest BCUT2D eigenvalue weighted by Crippen LogP contribution is -2.41. The second-order valence-corrected chi connectivity index (χ2v) is 10.9. The molecule has 142 valence electrons. The predicted octanol–water partition coefficient (Wildman–Crippen LogP) is 3.74. The van der Waals surface area contributed by atoms with Gasteiger partial charge in [-0.1, -0.05) is 32.4 Å². The normalized spacial score (nSPS) is 13.0. The minimum absolute atomic E-state index is 0.000595. The smallest absolute Gasteiger partial charge is 0.190 e. The van der Waals surface area contributed by atoms with E-state index in [2.05, 4.69) is 5.10 Å². The lowest BCUT2D eigenvalue weighted by molar-refractivity contribution is -0.120. The highest BCUT2D eigenvalue weighted by molar-refractivity contribution is 7.93. The molecule has 0 saturated heterocycles. The Morgan fingerprint density at radius 2 is 1.65 bits per heavy atom. The van der Waals surface area contributed by atoms with Crippen molar-refractivity contribution < 1.29 is 13.2 Å². The molecule has 2 aromatic rings. The van der Waals surface area contributed by atoms with Gasteiger partial charge in [-0.05, 0) is 44.2 Å². The lowest BCUT2D eigenvalue weighted by Gasteiger charge is -2.23. The molecule has 2 rings (SSSR count). The van der Waals surface area contributed by atoms with Crippen LogP contribution in [0.4, 0.5) is 0 Å². The largest absolute Gasteiger partial charge is 0.298 e. The highest BCUT2D eigenvalue weighted by atomic mass is 35.5. The van der Waals surface area contributed by atoms with Crippen molar-refractivity contribution in [3.63, 3.8) is 0 Å². The van der Waals surface area contributed by atoms with Crippen molar-refractivity contribution in [1.82, 2.24) is 9.78 Å². The Bertz CT molecular complexity index is 921. The maximum atomic E-state index is 13.0. The molecule has 26 heavy (non-hydrogen) atoms. The molecule has 0 atom stereocenters. The van der Waals surface area contributed by atoms with E-state index in [0.29, 0.717) is 10.7 Å². The number of aromatic nitrogens is 2. The van der Waals surface area contributed by atoms with Gasteiger partial charge in [0.2, 0.25) is 0 Å². The summed E-state index contributed by atoms with van der Waals surface area (Å²) in [6, 6.07) is 7.73. The van der Waals surface area contributed by atoms with Crippen molar-refractivity contribution in [1.29, 1.82) is 0 Å². The van der Waals surface area contributed by atoms with Crippen LogP contribution in [0.2, 0.25) is 5.02 Å². The van der Waals surface area contributed by atoms with E-state index in [4.69, 9.17) is 11.6 Å². The molecule has 0 unspecified atom stereocenters. The molecule has 7 heteroatoms. The Kier molecular flexibility index (Phi) is 5.41. The van der Waals surface area contributed by atoms with Crippen molar-refractivity contribution in [2.75, 3.05) is 0 Å². The van der Waals surface area contributed by atoms with E-state index in [1.165, 1.54) is 38.1 Å². The molecule has 0 fully saturated rings. The first kappa shape index (κ1) is 20.6. The molecule has 1 aromatic heterocycles. The van der Waals surface area contributed by atoms with Crippen molar-refractivity contribution in [3.8, 4) is 0 Å². The van der Waals surface area contributed by atoms with Crippen LogP contribution in [-0.2, 0) is 33.5 Å². The summed E-state index contributed by atoms with van der Waals surface area (Å²) < 4.78 is 26.0. The molecule has 1 aromatic carbocycles. The van der Waals surface area contributed by atoms with Crippen LogP contribution in [0.25, 0.3) is 0 Å². The highest BCUT2D eigenvalue weighted by Gasteiger charge is 2.42. The molecular formula is C19H25ClN2O3S. The summed E-state index contributed by atoms with van der Waals surface area (Å²) in [6.07, 6.45) is -0.000595. The topological polar surface area (TPSA) is 69.0 Å². The summed E-state index contributed by atoms with van der Waals surface area (Å²) in [7, 11) is -2.08. The van der Waals surface area contributed by atoms with Gasteiger partial charge in [-0.15, -0.1) is 0 Å². The van der Waals surface area contributed by atoms with Gasteiger partial charge < -0.3 is 0 Å². The molecule has 1 heterocycles. The number of Topliss-reactive ketones (excluding diaryl/α,β-unsaturated/α-hetero) is 1. The highest BCUT2D eigenvalue weighted by Crippen LogP contribution is 2.29. The van der Waals surface area contributed by atoms with E-state index in [1.807, 2.05) is 26.8 Å². The number of ketones is 1. The summed E-state index contributed by atoms with van der Waals surface area (Å²) in [6.45, 7) is 9.00. The minimum atomic E-state index is -3.85. The molecule has 0 aliphatic rings. The van der Waals surface area contributed by atoms with Gasteiger partial charge in [-0.3, -0.25) is 9.48 Å². The predicted molar refractivity (Wildman–Crippen MR) is 103 cm³/mol. The van der Waals surface area contributed by atoms with Crippen LogP contribution >= 0.6 is 11.6 Å². The first-order valence-corrected chi connectivity index (χ1v) is 10.2. The molecule has 0 radical (unpaired) electrons. The molecule has 0 aliphatic carbocycles. The second-order valence-electron chi connectivity index (χ2n) is 7.96. The van der Waals surface area contributed by atoms with Crippen LogP contribution in [0.15, 0.2) is 35.2 Å². The molecule has 0 spiro atoms. The first-order valence-electron chi connectivity index (χ1n) is 8.33. The molecular weight excluding hydrogens is 372 g/mol. The maximum Gasteiger partial charge on any atom is 0.190 e. The van der Waals surface area contributed by atoms with E-state index < -0.39 is 14.6 Å². The third-order valence-electron chi connectivity index (χ3n) is 4.55. The van der Waals surface area contributed by atoms with E-state index in [9.17, 15) is 13.2 Å². The number of sulfone groups is 1. The number of halogens is 1. The number of carbonyl (C=O) groups is 1. The Morgan fingerprint density at radius 3 is 2.12 bits per heavy atom. The third kappa shape index (κ3) is 3.86. The Labute approximate surface area is 160 Å². The zero-order chi connectivity index (χ0) is 19.9. The average molecular weight is 397 g/mol. The fourth-order valence-corrected chi connectivity index (χ4v) is 4.06. The fraction of sp³-hybridized carbons (Fsp3) is 0.474. The monoisotopic (exact) mass is 396 g/mol. The van der Waals surface area contributed by atoms with Gasteiger partial charge in [0.05, 0.1) is 17.0 Å². The molecule has 0 aliphatic heterocycles. The van der Waals surface area contributed by atoms with Crippen molar-refractivity contribution in [2.45, 2.75) is 56.1 Å². The second kappa shape index (κ2) is 6.82. The van der Waals surface area contributed by atoms with Gasteiger partial charge in [0.1, 0.15) is 4.75 Å². The molecule has 0 saturated carbocycles. The number of rotatable bonds is 5. The van der Waals surface area contributed by atoms with Gasteiger partial charge >= 0.3 is 0 Å². The fourth-order valence-electron chi connectivity index (χ4n) is 2.47. The van der Waals surface area contributed by atoms with Crippen LogP contribution in [0, 0.1) is 0 Å². The van der Waals surface area contributed by atoms with Crippen molar-refractivity contribution in [3.05, 3.63) is 46.7 Å². The van der Waals surface area contributed by atoms with Gasteiger partial charge in [-0.2, -0.15) is 5.10 Å². The maximum absolute atomic E-state index is 13.0. The summed E-state index contributed by atoms with van der Waals surface area (Å²) in [5, 5.41) is 4.89. The molecule has 0 amide bonds. The zero-order valence-electron chi connectivity index (χ0n) is 16.0. The lowest BCUT2D eigenvalue weighted by atomic mass is 9.92. The van der Waals surface area contributed by atoms with Crippen LogP contribution in [-0.4, -0.2) is 28.7 Å². The number of benzene rings is 1. The SMILES string of the molecule is Cn1nc(C(C)(C)C)cc1CC(=O)C(C)(C)S(=O)(=O)c1ccc(Cl)cc1. The quantitative estimate of drug-likeness (QED) is 0.772. The number of aryl methyl sites for hydroxylation is 1. The van der Waals surface area contributed by atoms with Crippen molar-refractivity contribution >= 4 is 27.2 Å². The van der Waals surface area contributed by atoms with Gasteiger partial charge in [0, 0.05) is 23.2 Å². The van der Waals surface area contributed by atoms with Gasteiger partial charge in [-0.25, -0.2) is 8.42 Å². The summed E-state index contributed by atoms with van der Waals surface area (Å²) >= 11 is 5.83. The van der Waals surface area contributed by atoms with Gasteiger partial charge in [0.25, 0.3) is 0 Å². The van der Waals surface area contributed by atoms with Crippen LogP contribution in [0.3, 0.4) is 0 Å². The van der Waals surface area contributed by atoms with E-state index in [1.54, 1.807) is 11.7 Å². The molecule has 5 nitrogen and oxygen atoms in total. The summed E-state index contributed by atoms with van der Waals surface area (Å²) in [5.74, 6) is -0.379. The Hall–Kier alpha value is -1.66. The Balaban J connectivity index is 2.33. The van der Waals surface area contributed by atoms with Crippen LogP contribution in [0.1, 0.15) is 46.0 Å². The number of carbonyl (C=O) groups excluding carboxylic acids is 1. The summed E-state index contributed by atoms with van der Waals surface area (Å²) in [4.78, 5) is 13.0. The van der Waals surface area contributed by atoms with Crippen LogP contribution < -0.4 is 0 Å². The number of nitrogens with zero attached hydrogens (tertiary/aromatic N) is 2. The van der Waals surface area contributed by atoms with E-state index in [-0.39, 0.29) is 22.5 Å². The third-order valence-corrected chi connectivity index (χ3v) is 7.27. The average Bonchev–Trinajstić information content (AvgIpc) is 2.88. The van der Waals surface area contributed by atoms with E-state index in [0.717, 1.165) is 5.69 Å². The first-order chi connectivity index (χ1) is 11.8. The standard InChI is InChI=1S/C19H25ClN2O3S/c1-18(2,3)16-11-14(22(6)21-16)12-17(23)19(4,5)26(24,25)15-9-7-13(20)8-10-15/h7-11H,12H2,1-6H3. The summed E-state index contributed by atoms with van der Waals surface area (Å²) in [5.41, 5.74) is 1.41. The minimum Gasteiger partial charge on any atom is -0.298 e. The Morgan fingerprint density at radius 1 is 1.12 bits per heavy atom. The van der Waals surface area contributed by atoms with Crippen molar-refractivity contribution in [2.24, 2.45) is 7.05 Å². The zero-order valence-corrected chi connectivity index (χ0v) is 17.6. The molecule has 0 N–H and O–H groups in total. The molecule has 0 bridgehead atoms. The van der Waals surface area contributed by atoms with Gasteiger partial charge in [0.15, 0.2) is 15.6 Å². The van der Waals surface area contributed by atoms with Crippen LogP contribution in [0.5, 0.6) is 0 Å².